The molecule has 1 atom stereocenters. The monoisotopic (exact) mass is 472 g/mol. The maximum absolute atomic E-state index is 14.6. The quantitative estimate of drug-likeness (QED) is 0.468. The number of anilines is 1. The zero-order chi connectivity index (χ0) is 25.1. The van der Waals surface area contributed by atoms with Crippen molar-refractivity contribution in [1.82, 2.24) is 14.9 Å². The van der Waals surface area contributed by atoms with Gasteiger partial charge in [-0.3, -0.25) is 9.78 Å². The smallest absolute Gasteiger partial charge is 0.248 e. The molecule has 1 aromatic carbocycles. The van der Waals surface area contributed by atoms with E-state index in [1.165, 1.54) is 18.2 Å². The van der Waals surface area contributed by atoms with Gasteiger partial charge in [0, 0.05) is 47.7 Å². The van der Waals surface area contributed by atoms with E-state index < -0.39 is 11.7 Å². The van der Waals surface area contributed by atoms with Crippen LogP contribution in [0.15, 0.2) is 61.3 Å². The first kappa shape index (κ1) is 24.1. The second-order valence-electron chi connectivity index (χ2n) is 8.71. The Bertz CT molecular complexity index is 1320. The normalized spacial score (nSPS) is 16.3. The minimum absolute atomic E-state index is 0.110. The number of pyridine rings is 2. The van der Waals surface area contributed by atoms with Gasteiger partial charge in [-0.2, -0.15) is 0 Å². The molecule has 0 spiro atoms. The molecule has 1 aliphatic rings. The molecule has 6 N–H and O–H groups in total. The Balaban J connectivity index is 1.80. The lowest BCUT2D eigenvalue weighted by Gasteiger charge is -2.35. The lowest BCUT2D eigenvalue weighted by molar-refractivity contribution is 0.100. The first-order chi connectivity index (χ1) is 16.8. The molecule has 0 bridgehead atoms. The molecule has 35 heavy (non-hydrogen) atoms. The summed E-state index contributed by atoms with van der Waals surface area (Å²) in [6.45, 7) is 7.53. The molecule has 3 heterocycles. The first-order valence-corrected chi connectivity index (χ1v) is 11.5. The highest BCUT2D eigenvalue weighted by Gasteiger charge is 2.22. The van der Waals surface area contributed by atoms with Crippen LogP contribution in [0.3, 0.4) is 0 Å². The summed E-state index contributed by atoms with van der Waals surface area (Å²) >= 11 is 0. The van der Waals surface area contributed by atoms with Crippen LogP contribution >= 0.6 is 0 Å². The minimum atomic E-state index is -0.647. The summed E-state index contributed by atoms with van der Waals surface area (Å²) in [7, 11) is 0. The molecular weight excluding hydrogens is 443 g/mol. The number of hydrogen-bond acceptors (Lipinski definition) is 6. The molecule has 0 unspecified atom stereocenters. The highest BCUT2D eigenvalue weighted by atomic mass is 19.1. The fraction of sp³-hybridized carbons (Fsp3) is 0.222. The average Bonchev–Trinajstić information content (AvgIpc) is 2.84. The van der Waals surface area contributed by atoms with Gasteiger partial charge in [-0.1, -0.05) is 12.7 Å². The number of hydrogen-bond donors (Lipinski definition) is 3. The number of aryl methyl sites for hydroxylation is 1. The third-order valence-corrected chi connectivity index (χ3v) is 6.15. The number of carbonyl (C=O) groups is 1. The van der Waals surface area contributed by atoms with Crippen LogP contribution in [0.25, 0.3) is 28.3 Å². The molecule has 0 radical (unpaired) electrons. The van der Waals surface area contributed by atoms with Gasteiger partial charge in [0.2, 0.25) is 5.91 Å². The second-order valence-corrected chi connectivity index (χ2v) is 8.71. The van der Waals surface area contributed by atoms with Crippen LogP contribution in [0.5, 0.6) is 0 Å². The topological polar surface area (TPSA) is 124 Å². The number of allylic oxidation sites excluding steroid dienone is 2. The van der Waals surface area contributed by atoms with Crippen molar-refractivity contribution < 1.29 is 9.18 Å². The Morgan fingerprint density at radius 1 is 1.23 bits per heavy atom. The lowest BCUT2D eigenvalue weighted by atomic mass is 9.99. The highest BCUT2D eigenvalue weighted by Crippen LogP contribution is 2.32. The molecule has 1 aliphatic heterocycles. The average molecular weight is 473 g/mol. The lowest BCUT2D eigenvalue weighted by Crippen LogP contribution is -2.41. The molecule has 4 rings (SSSR count). The molecule has 0 saturated carbocycles. The van der Waals surface area contributed by atoms with Gasteiger partial charge in [-0.15, -0.1) is 0 Å². The molecular formula is C27H29FN6O. The van der Waals surface area contributed by atoms with Crippen LogP contribution in [-0.4, -0.2) is 39.9 Å². The molecule has 1 saturated heterocycles. The standard InChI is InChI=1S/C27H29FN6O/c1-3-5-25(34-11-4-6-18(29)15-34)19-13-24(32-14-16(19)2)26-22(30)9-10-23(33-26)20-12-17(27(31)35)7-8-21(20)28/h3,5,7-10,12-14,18H,1,4,6,11,15,29-30H2,2H3,(H2,31,35)/b25-5+/t18-/m0/s1. The van der Waals surface area contributed by atoms with Gasteiger partial charge < -0.3 is 22.1 Å². The van der Waals surface area contributed by atoms with Gasteiger partial charge in [0.25, 0.3) is 0 Å². The summed E-state index contributed by atoms with van der Waals surface area (Å²) in [5, 5.41) is 0. The third kappa shape index (κ3) is 5.07. The van der Waals surface area contributed by atoms with Crippen molar-refractivity contribution in [2.24, 2.45) is 11.5 Å². The van der Waals surface area contributed by atoms with Crippen molar-refractivity contribution in [1.29, 1.82) is 0 Å². The molecule has 3 aromatic rings. The zero-order valence-electron chi connectivity index (χ0n) is 19.7. The zero-order valence-corrected chi connectivity index (χ0v) is 19.7. The van der Waals surface area contributed by atoms with Crippen LogP contribution in [0.4, 0.5) is 10.1 Å². The number of benzene rings is 1. The van der Waals surface area contributed by atoms with E-state index in [-0.39, 0.29) is 17.2 Å². The minimum Gasteiger partial charge on any atom is -0.397 e. The number of amides is 1. The van der Waals surface area contributed by atoms with Crippen LogP contribution in [0.1, 0.15) is 34.3 Å². The van der Waals surface area contributed by atoms with Crippen molar-refractivity contribution in [2.45, 2.75) is 25.8 Å². The predicted octanol–water partition coefficient (Wildman–Crippen LogP) is 3.89. The number of likely N-dealkylation sites (tertiary alicyclic amines) is 1. The highest BCUT2D eigenvalue weighted by molar-refractivity contribution is 5.94. The molecule has 7 nitrogen and oxygen atoms in total. The maximum Gasteiger partial charge on any atom is 0.248 e. The summed E-state index contributed by atoms with van der Waals surface area (Å²) in [5.41, 5.74) is 22.9. The van der Waals surface area contributed by atoms with Crippen molar-refractivity contribution in [3.63, 3.8) is 0 Å². The van der Waals surface area contributed by atoms with E-state index in [1.807, 2.05) is 19.1 Å². The van der Waals surface area contributed by atoms with E-state index >= 15 is 0 Å². The maximum atomic E-state index is 14.6. The van der Waals surface area contributed by atoms with Crippen molar-refractivity contribution in [2.75, 3.05) is 18.8 Å². The summed E-state index contributed by atoms with van der Waals surface area (Å²) in [6, 6.07) is 9.23. The SMILES string of the molecule is C=C/C=C(\c1cc(-c2nc(-c3cc(C(N)=O)ccc3F)ccc2N)ncc1C)N1CCC[C@H](N)C1. The van der Waals surface area contributed by atoms with Gasteiger partial charge in [0.1, 0.15) is 11.5 Å². The second kappa shape index (κ2) is 10.1. The van der Waals surface area contributed by atoms with Crippen molar-refractivity contribution in [3.8, 4) is 22.6 Å². The van der Waals surface area contributed by atoms with Crippen LogP contribution in [0.2, 0.25) is 0 Å². The van der Waals surface area contributed by atoms with E-state index in [9.17, 15) is 9.18 Å². The Morgan fingerprint density at radius 2 is 2.03 bits per heavy atom. The Kier molecular flexibility index (Phi) is 6.93. The van der Waals surface area contributed by atoms with E-state index in [0.29, 0.717) is 22.8 Å². The number of piperidine rings is 1. The molecule has 2 aromatic heterocycles. The van der Waals surface area contributed by atoms with Crippen LogP contribution < -0.4 is 17.2 Å². The molecule has 8 heteroatoms. The van der Waals surface area contributed by atoms with E-state index in [2.05, 4.69) is 21.4 Å². The summed E-state index contributed by atoms with van der Waals surface area (Å²) < 4.78 is 14.6. The third-order valence-electron chi connectivity index (χ3n) is 6.15. The summed E-state index contributed by atoms with van der Waals surface area (Å²) in [6.07, 6.45) is 7.52. The number of halogens is 1. The fourth-order valence-corrected chi connectivity index (χ4v) is 4.34. The summed E-state index contributed by atoms with van der Waals surface area (Å²) in [5.74, 6) is -1.17. The van der Waals surface area contributed by atoms with E-state index in [1.54, 1.807) is 24.4 Å². The van der Waals surface area contributed by atoms with Crippen molar-refractivity contribution >= 4 is 17.3 Å². The van der Waals surface area contributed by atoms with E-state index in [4.69, 9.17) is 17.2 Å². The number of aromatic nitrogens is 2. The Labute approximate surface area is 204 Å². The number of nitrogen functional groups attached to an aromatic ring is 1. The van der Waals surface area contributed by atoms with Gasteiger partial charge in [-0.25, -0.2) is 9.37 Å². The van der Waals surface area contributed by atoms with Crippen LogP contribution in [0, 0.1) is 12.7 Å². The molecule has 180 valence electrons. The van der Waals surface area contributed by atoms with Gasteiger partial charge in [-0.05, 0) is 67.8 Å². The number of nitrogens with two attached hydrogens (primary N) is 3. The molecule has 1 fully saturated rings. The van der Waals surface area contributed by atoms with Gasteiger partial charge in [0.15, 0.2) is 0 Å². The number of nitrogens with zero attached hydrogens (tertiary/aromatic N) is 3. The largest absolute Gasteiger partial charge is 0.397 e. The molecule has 0 aliphatic carbocycles. The van der Waals surface area contributed by atoms with Crippen molar-refractivity contribution in [3.05, 3.63) is 83.8 Å². The number of carbonyl (C=O) groups excluding carboxylic acids is 1. The summed E-state index contributed by atoms with van der Waals surface area (Å²) in [4.78, 5) is 23.1. The van der Waals surface area contributed by atoms with Gasteiger partial charge in [0.05, 0.1) is 17.1 Å². The van der Waals surface area contributed by atoms with E-state index in [0.717, 1.165) is 42.8 Å². The first-order valence-electron chi connectivity index (χ1n) is 11.5. The fourth-order valence-electron chi connectivity index (χ4n) is 4.34. The Morgan fingerprint density at radius 3 is 2.74 bits per heavy atom. The Hall–Kier alpha value is -4.04. The number of rotatable bonds is 6. The van der Waals surface area contributed by atoms with Gasteiger partial charge >= 0.3 is 0 Å². The number of primary amides is 1. The van der Waals surface area contributed by atoms with Crippen LogP contribution in [-0.2, 0) is 0 Å². The predicted molar refractivity (Wildman–Crippen MR) is 137 cm³/mol. The molecule has 1 amide bonds.